The molecule has 0 aliphatic rings. The van der Waals surface area contributed by atoms with Crippen molar-refractivity contribution in [3.63, 3.8) is 0 Å². The van der Waals surface area contributed by atoms with Gasteiger partial charge in [0, 0.05) is 7.26 Å². The number of halogens is 1. The van der Waals surface area contributed by atoms with Gasteiger partial charge in [0.05, 0.1) is 18.5 Å². The molecule has 1 atom stereocenters. The molecule has 116 valence electrons. The van der Waals surface area contributed by atoms with Crippen molar-refractivity contribution in [1.82, 2.24) is 0 Å². The third-order valence-corrected chi connectivity index (χ3v) is 9.53. The highest BCUT2D eigenvalue weighted by Crippen LogP contribution is 2.64. The summed E-state index contributed by atoms with van der Waals surface area (Å²) in [4.78, 5) is 11.5. The molecule has 0 bridgehead atoms. The Balaban J connectivity index is 0. The van der Waals surface area contributed by atoms with Crippen LogP contribution in [-0.2, 0) is 4.79 Å². The third kappa shape index (κ3) is 7.51. The van der Waals surface area contributed by atoms with Gasteiger partial charge in [-0.25, -0.2) is 4.79 Å². The topological polar surface area (TPSA) is 37.3 Å². The van der Waals surface area contributed by atoms with Gasteiger partial charge in [-0.2, -0.15) is 0 Å². The van der Waals surface area contributed by atoms with Gasteiger partial charge in [0.15, 0.2) is 5.66 Å². The minimum Gasteiger partial charge on any atom is -1.00 e. The molecule has 0 aliphatic carbocycles. The fourth-order valence-corrected chi connectivity index (χ4v) is 7.71. The van der Waals surface area contributed by atoms with Crippen LogP contribution < -0.4 is 12.4 Å². The van der Waals surface area contributed by atoms with Gasteiger partial charge in [-0.3, -0.25) is 0 Å². The van der Waals surface area contributed by atoms with E-state index in [0.29, 0.717) is 0 Å². The molecule has 19 heavy (non-hydrogen) atoms. The Morgan fingerprint density at radius 3 is 1.47 bits per heavy atom. The van der Waals surface area contributed by atoms with Crippen molar-refractivity contribution in [2.24, 2.45) is 0 Å². The van der Waals surface area contributed by atoms with Crippen LogP contribution in [0.4, 0.5) is 0 Å². The quantitative estimate of drug-likeness (QED) is 0.592. The second-order valence-electron chi connectivity index (χ2n) is 5.46. The summed E-state index contributed by atoms with van der Waals surface area (Å²) in [5.74, 6) is -0.563. The molecule has 0 fully saturated rings. The summed E-state index contributed by atoms with van der Waals surface area (Å²) >= 11 is 0. The van der Waals surface area contributed by atoms with Gasteiger partial charge in [0.25, 0.3) is 0 Å². The van der Waals surface area contributed by atoms with E-state index in [1.54, 1.807) is 0 Å². The zero-order valence-electron chi connectivity index (χ0n) is 13.1. The lowest BCUT2D eigenvalue weighted by atomic mass is 10.4. The van der Waals surface area contributed by atoms with Crippen LogP contribution in [0.2, 0.25) is 0 Å². The Kier molecular flexibility index (Phi) is 13.5. The van der Waals surface area contributed by atoms with Crippen LogP contribution in [0.15, 0.2) is 0 Å². The fraction of sp³-hybridized carbons (Fsp3) is 0.933. The van der Waals surface area contributed by atoms with E-state index in [9.17, 15) is 9.90 Å². The maximum atomic E-state index is 11.5. The van der Waals surface area contributed by atoms with E-state index in [-0.39, 0.29) is 18.1 Å². The van der Waals surface area contributed by atoms with E-state index >= 15 is 0 Å². The highest BCUT2D eigenvalue weighted by atomic mass is 35.5. The molecule has 0 aromatic rings. The zero-order valence-corrected chi connectivity index (χ0v) is 14.8. The molecule has 0 spiro atoms. The van der Waals surface area contributed by atoms with Crippen molar-refractivity contribution in [2.45, 2.75) is 71.9 Å². The fourth-order valence-electron chi connectivity index (χ4n) is 2.57. The summed E-state index contributed by atoms with van der Waals surface area (Å²) in [6.45, 7) is 8.59. The summed E-state index contributed by atoms with van der Waals surface area (Å²) in [6.07, 6.45) is 10.8. The van der Waals surface area contributed by atoms with E-state index in [0.717, 1.165) is 0 Å². The molecule has 1 N–H and O–H groups in total. The third-order valence-electron chi connectivity index (χ3n) is 4.05. The number of carbonyl (C=O) groups is 1. The number of hydrogen-bond donors (Lipinski definition) is 1. The lowest BCUT2D eigenvalue weighted by Crippen LogP contribution is -3.00. The number of hydrogen-bond acceptors (Lipinski definition) is 1. The van der Waals surface area contributed by atoms with Crippen LogP contribution in [-0.4, -0.2) is 35.2 Å². The Bertz CT molecular complexity index is 212. The molecule has 0 saturated heterocycles. The van der Waals surface area contributed by atoms with Crippen LogP contribution in [0.5, 0.6) is 0 Å². The lowest BCUT2D eigenvalue weighted by molar-refractivity contribution is -0.136. The van der Waals surface area contributed by atoms with Gasteiger partial charge < -0.3 is 17.5 Å². The lowest BCUT2D eigenvalue weighted by Gasteiger charge is -2.31. The van der Waals surface area contributed by atoms with Gasteiger partial charge in [0.1, 0.15) is 0 Å². The Hall–Kier alpha value is 0.190. The molecular formula is C15H32ClO2P. The number of unbranched alkanes of at least 4 members (excludes halogenated alkanes) is 3. The maximum absolute atomic E-state index is 11.5. The van der Waals surface area contributed by atoms with Gasteiger partial charge >= 0.3 is 5.97 Å². The predicted molar refractivity (Wildman–Crippen MR) is 83.3 cm³/mol. The second-order valence-corrected chi connectivity index (χ2v) is 10.0. The average Bonchev–Trinajstić information content (AvgIpc) is 2.37. The molecule has 0 amide bonds. The number of rotatable bonds is 11. The van der Waals surface area contributed by atoms with Crippen molar-refractivity contribution in [2.75, 3.05) is 18.5 Å². The molecule has 0 radical (unpaired) electrons. The number of carboxylic acid groups (broad SMARTS) is 1. The number of aliphatic carboxylic acids is 1. The largest absolute Gasteiger partial charge is 1.00 e. The average molecular weight is 311 g/mol. The van der Waals surface area contributed by atoms with Crippen LogP contribution in [0.3, 0.4) is 0 Å². The minimum absolute atomic E-state index is 0. The molecular weight excluding hydrogens is 279 g/mol. The van der Waals surface area contributed by atoms with Crippen LogP contribution in [0, 0.1) is 0 Å². The molecule has 1 unspecified atom stereocenters. The predicted octanol–water partition coefficient (Wildman–Crippen LogP) is 1.88. The molecule has 0 rings (SSSR count). The molecule has 0 saturated carbocycles. The van der Waals surface area contributed by atoms with Crippen LogP contribution in [0.25, 0.3) is 0 Å². The summed E-state index contributed by atoms with van der Waals surface area (Å²) < 4.78 is 0. The minimum atomic E-state index is -1.29. The normalized spacial score (nSPS) is 12.8. The highest BCUT2D eigenvalue weighted by molar-refractivity contribution is 7.77. The Morgan fingerprint density at radius 1 is 0.947 bits per heavy atom. The first-order chi connectivity index (χ1) is 8.54. The van der Waals surface area contributed by atoms with Crippen molar-refractivity contribution < 1.29 is 22.3 Å². The summed E-state index contributed by atoms with van der Waals surface area (Å²) in [6, 6.07) is 0. The van der Waals surface area contributed by atoms with Gasteiger partial charge in [-0.15, -0.1) is 0 Å². The second kappa shape index (κ2) is 12.0. The summed E-state index contributed by atoms with van der Waals surface area (Å²) in [5.41, 5.74) is -0.0952. The van der Waals surface area contributed by atoms with Gasteiger partial charge in [0.2, 0.25) is 0 Å². The van der Waals surface area contributed by atoms with E-state index in [4.69, 9.17) is 0 Å². The molecule has 0 aromatic heterocycles. The van der Waals surface area contributed by atoms with Crippen LogP contribution in [0.1, 0.15) is 66.2 Å². The monoisotopic (exact) mass is 310 g/mol. The first-order valence-electron chi connectivity index (χ1n) is 7.62. The van der Waals surface area contributed by atoms with Gasteiger partial charge in [-0.05, 0) is 26.2 Å². The summed E-state index contributed by atoms with van der Waals surface area (Å²) in [5, 5.41) is 9.44. The van der Waals surface area contributed by atoms with E-state index in [2.05, 4.69) is 20.8 Å². The van der Waals surface area contributed by atoms with Crippen LogP contribution >= 0.6 is 7.26 Å². The van der Waals surface area contributed by atoms with E-state index < -0.39 is 13.2 Å². The molecule has 0 heterocycles. The maximum Gasteiger partial charge on any atom is 0.344 e. The standard InChI is InChI=1S/C15H31O2P.ClH/c1-5-8-11-18(12-9-6-2,13-10-7-3)14(4)15(16)17;/h14H,5-13H2,1-4H3;1H. The SMILES string of the molecule is CCCC[P+](CCCC)(CCCC)C(C)C(=O)O.[Cl-]. The van der Waals surface area contributed by atoms with Crippen molar-refractivity contribution in [3.8, 4) is 0 Å². The van der Waals surface area contributed by atoms with Crippen molar-refractivity contribution in [1.29, 1.82) is 0 Å². The molecule has 0 aromatic carbocycles. The molecule has 0 aliphatic heterocycles. The Morgan fingerprint density at radius 2 is 1.26 bits per heavy atom. The number of carboxylic acids is 1. The van der Waals surface area contributed by atoms with E-state index in [1.807, 2.05) is 6.92 Å². The first-order valence-corrected chi connectivity index (χ1v) is 10.0. The zero-order chi connectivity index (χ0) is 14.0. The van der Waals surface area contributed by atoms with Gasteiger partial charge in [-0.1, -0.05) is 40.0 Å². The highest BCUT2D eigenvalue weighted by Gasteiger charge is 2.45. The first kappa shape index (κ1) is 21.5. The van der Waals surface area contributed by atoms with Crippen molar-refractivity contribution >= 4 is 13.2 Å². The Labute approximate surface area is 126 Å². The van der Waals surface area contributed by atoms with E-state index in [1.165, 1.54) is 57.0 Å². The molecule has 2 nitrogen and oxygen atoms in total. The molecule has 4 heteroatoms. The van der Waals surface area contributed by atoms with Crippen molar-refractivity contribution in [3.05, 3.63) is 0 Å². The smallest absolute Gasteiger partial charge is 0.344 e. The summed E-state index contributed by atoms with van der Waals surface area (Å²) in [7, 11) is -1.29.